The van der Waals surface area contributed by atoms with E-state index < -0.39 is 15.9 Å². The molecule has 2 aliphatic rings. The highest BCUT2D eigenvalue weighted by Crippen LogP contribution is 2.36. The van der Waals surface area contributed by atoms with Gasteiger partial charge in [-0.15, -0.1) is 0 Å². The highest BCUT2D eigenvalue weighted by Gasteiger charge is 2.32. The van der Waals surface area contributed by atoms with E-state index in [1.807, 2.05) is 37.6 Å². The highest BCUT2D eigenvalue weighted by atomic mass is 32.2. The maximum atomic E-state index is 13.0. The Morgan fingerprint density at radius 3 is 2.36 bits per heavy atom. The van der Waals surface area contributed by atoms with Crippen LogP contribution in [0.4, 0.5) is 0 Å². The van der Waals surface area contributed by atoms with Crippen LogP contribution in [0.3, 0.4) is 0 Å². The summed E-state index contributed by atoms with van der Waals surface area (Å²) in [5.41, 5.74) is 1.19. The predicted molar refractivity (Wildman–Crippen MR) is 122 cm³/mol. The minimum Gasteiger partial charge on any atom is -0.454 e. The van der Waals surface area contributed by atoms with Crippen LogP contribution in [0.2, 0.25) is 0 Å². The van der Waals surface area contributed by atoms with Crippen LogP contribution in [-0.4, -0.2) is 55.3 Å². The summed E-state index contributed by atoms with van der Waals surface area (Å²) in [6.45, 7) is 4.49. The lowest BCUT2D eigenvalue weighted by atomic mass is 10.2. The number of carbonyl (C=O) groups is 1. The van der Waals surface area contributed by atoms with Crippen molar-refractivity contribution in [2.24, 2.45) is 12.0 Å². The van der Waals surface area contributed by atoms with Crippen molar-refractivity contribution in [3.05, 3.63) is 46.8 Å². The zero-order chi connectivity index (χ0) is 23.3. The van der Waals surface area contributed by atoms with Gasteiger partial charge in [-0.1, -0.05) is 11.3 Å². The summed E-state index contributed by atoms with van der Waals surface area (Å²) >= 11 is 1.36. The molecule has 9 nitrogen and oxygen atoms in total. The maximum absolute atomic E-state index is 13.0. The van der Waals surface area contributed by atoms with Crippen molar-refractivity contribution in [2.75, 3.05) is 19.9 Å². The van der Waals surface area contributed by atoms with Crippen molar-refractivity contribution < 1.29 is 27.4 Å². The average molecular weight is 490 g/mol. The molecule has 1 aromatic heterocycles. The van der Waals surface area contributed by atoms with E-state index in [0.717, 1.165) is 10.2 Å². The number of morpholine rings is 1. The number of amides is 1. The molecule has 2 aliphatic heterocycles. The smallest absolute Gasteiger partial charge is 0.279 e. The summed E-state index contributed by atoms with van der Waals surface area (Å²) in [5.74, 6) is 0.882. The van der Waals surface area contributed by atoms with Gasteiger partial charge in [0.25, 0.3) is 5.91 Å². The maximum Gasteiger partial charge on any atom is 0.279 e. The Balaban J connectivity index is 1.41. The third-order valence-electron chi connectivity index (χ3n) is 5.63. The molecule has 1 fully saturated rings. The molecule has 2 aromatic carbocycles. The molecule has 0 bridgehead atoms. The molecule has 0 N–H and O–H groups in total. The molecule has 3 heterocycles. The van der Waals surface area contributed by atoms with E-state index in [1.165, 1.54) is 39.9 Å². The van der Waals surface area contributed by atoms with E-state index in [9.17, 15) is 13.2 Å². The van der Waals surface area contributed by atoms with Crippen molar-refractivity contribution in [1.29, 1.82) is 0 Å². The van der Waals surface area contributed by atoms with E-state index in [4.69, 9.17) is 14.2 Å². The van der Waals surface area contributed by atoms with Crippen LogP contribution < -0.4 is 14.3 Å². The van der Waals surface area contributed by atoms with E-state index in [-0.39, 0.29) is 23.9 Å². The molecule has 174 valence electrons. The van der Waals surface area contributed by atoms with Gasteiger partial charge < -0.3 is 18.8 Å². The summed E-state index contributed by atoms with van der Waals surface area (Å²) < 4.78 is 46.7. The molecule has 0 saturated carbocycles. The topological polar surface area (TPSA) is 99.4 Å². The SMILES string of the molecule is CC1CN(S(=O)(=O)c2ccc(C(=O)N=c3sc4cc5c(cc4n3C)OCO5)cc2)CC(C)O1. The van der Waals surface area contributed by atoms with Gasteiger partial charge in [0.1, 0.15) is 0 Å². The average Bonchev–Trinajstić information content (AvgIpc) is 3.35. The molecule has 2 unspecified atom stereocenters. The first-order valence-electron chi connectivity index (χ1n) is 10.5. The molecule has 0 radical (unpaired) electrons. The lowest BCUT2D eigenvalue weighted by Crippen LogP contribution is -2.48. The third kappa shape index (κ3) is 4.05. The van der Waals surface area contributed by atoms with Crippen LogP contribution in [0.5, 0.6) is 11.5 Å². The molecular formula is C22H23N3O6S2. The Labute approximate surface area is 194 Å². The molecule has 0 aliphatic carbocycles. The standard InChI is InChI=1S/C22H23N3O6S2/c1-13-10-25(11-14(2)31-13)33(27,28)16-6-4-15(5-7-16)21(26)23-22-24(3)17-8-18-19(30-12-29-18)9-20(17)32-22/h4-9,13-14H,10-12H2,1-3H3. The fourth-order valence-corrected chi connectivity index (χ4v) is 6.64. The van der Waals surface area contributed by atoms with Gasteiger partial charge in [-0.2, -0.15) is 9.30 Å². The first-order valence-corrected chi connectivity index (χ1v) is 12.7. The molecule has 1 amide bonds. The van der Waals surface area contributed by atoms with Crippen molar-refractivity contribution >= 4 is 37.5 Å². The molecule has 5 rings (SSSR count). The molecule has 2 atom stereocenters. The molecule has 0 spiro atoms. The number of hydrogen-bond donors (Lipinski definition) is 0. The molecule has 1 saturated heterocycles. The number of hydrogen-bond acceptors (Lipinski definition) is 7. The first kappa shape index (κ1) is 22.1. The fraction of sp³-hybridized carbons (Fsp3) is 0.364. The van der Waals surface area contributed by atoms with E-state index in [0.29, 0.717) is 35.0 Å². The number of ether oxygens (including phenoxy) is 3. The Bertz CT molecular complexity index is 1400. The summed E-state index contributed by atoms with van der Waals surface area (Å²) in [6, 6.07) is 9.63. The van der Waals surface area contributed by atoms with Gasteiger partial charge in [0.05, 0.1) is 27.3 Å². The van der Waals surface area contributed by atoms with Gasteiger partial charge in [-0.25, -0.2) is 8.42 Å². The van der Waals surface area contributed by atoms with E-state index >= 15 is 0 Å². The van der Waals surface area contributed by atoms with Crippen LogP contribution >= 0.6 is 11.3 Å². The van der Waals surface area contributed by atoms with Gasteiger partial charge in [0.2, 0.25) is 16.8 Å². The van der Waals surface area contributed by atoms with Crippen LogP contribution in [0.15, 0.2) is 46.3 Å². The third-order valence-corrected chi connectivity index (χ3v) is 8.57. The van der Waals surface area contributed by atoms with Crippen LogP contribution in [0, 0.1) is 0 Å². The normalized spacial score (nSPS) is 21.6. The quantitative estimate of drug-likeness (QED) is 0.561. The number of sulfonamides is 1. The van der Waals surface area contributed by atoms with Crippen LogP contribution in [0.1, 0.15) is 24.2 Å². The number of carbonyl (C=O) groups excluding carboxylic acids is 1. The lowest BCUT2D eigenvalue weighted by Gasteiger charge is -2.34. The van der Waals surface area contributed by atoms with Gasteiger partial charge in [0, 0.05) is 37.8 Å². The van der Waals surface area contributed by atoms with Gasteiger partial charge in [-0.05, 0) is 38.1 Å². The second-order valence-corrected chi connectivity index (χ2v) is 11.1. The Hall–Kier alpha value is -2.73. The summed E-state index contributed by atoms with van der Waals surface area (Å²) in [4.78, 5) is 17.7. The van der Waals surface area contributed by atoms with E-state index in [2.05, 4.69) is 4.99 Å². The minimum absolute atomic E-state index is 0.141. The minimum atomic E-state index is -3.67. The Morgan fingerprint density at radius 2 is 1.70 bits per heavy atom. The van der Waals surface area contributed by atoms with Crippen molar-refractivity contribution in [2.45, 2.75) is 31.0 Å². The summed E-state index contributed by atoms with van der Waals surface area (Å²) in [7, 11) is -1.85. The number of rotatable bonds is 3. The monoisotopic (exact) mass is 489 g/mol. The number of fused-ring (bicyclic) bond motifs is 2. The second kappa shape index (κ2) is 8.24. The number of aromatic nitrogens is 1. The highest BCUT2D eigenvalue weighted by molar-refractivity contribution is 7.89. The van der Waals surface area contributed by atoms with Crippen molar-refractivity contribution in [3.8, 4) is 11.5 Å². The largest absolute Gasteiger partial charge is 0.454 e. The molecule has 3 aromatic rings. The number of benzene rings is 2. The summed E-state index contributed by atoms with van der Waals surface area (Å²) in [5, 5.41) is 0. The van der Waals surface area contributed by atoms with Gasteiger partial charge in [0.15, 0.2) is 16.3 Å². The Morgan fingerprint density at radius 1 is 1.06 bits per heavy atom. The van der Waals surface area contributed by atoms with Crippen LogP contribution in [0.25, 0.3) is 10.2 Å². The molecule has 11 heteroatoms. The van der Waals surface area contributed by atoms with Crippen molar-refractivity contribution in [3.63, 3.8) is 0 Å². The fourth-order valence-electron chi connectivity index (χ4n) is 4.02. The van der Waals surface area contributed by atoms with E-state index in [1.54, 1.807) is 0 Å². The summed E-state index contributed by atoms with van der Waals surface area (Å²) in [6.07, 6.45) is -0.353. The molecular weight excluding hydrogens is 466 g/mol. The predicted octanol–water partition coefficient (Wildman–Crippen LogP) is 2.51. The van der Waals surface area contributed by atoms with Crippen LogP contribution in [-0.2, 0) is 21.8 Å². The second-order valence-electron chi connectivity index (χ2n) is 8.14. The lowest BCUT2D eigenvalue weighted by molar-refractivity contribution is -0.0440. The zero-order valence-corrected chi connectivity index (χ0v) is 20.0. The zero-order valence-electron chi connectivity index (χ0n) is 18.3. The Kier molecular flexibility index (Phi) is 5.52. The number of nitrogens with zero attached hydrogens (tertiary/aromatic N) is 3. The number of thiazole rings is 1. The first-order chi connectivity index (χ1) is 15.7. The molecule has 33 heavy (non-hydrogen) atoms. The van der Waals surface area contributed by atoms with Crippen molar-refractivity contribution in [1.82, 2.24) is 8.87 Å². The number of aryl methyl sites for hydroxylation is 1. The van der Waals surface area contributed by atoms with Gasteiger partial charge >= 0.3 is 0 Å². The van der Waals surface area contributed by atoms with Gasteiger partial charge in [-0.3, -0.25) is 4.79 Å².